The van der Waals surface area contributed by atoms with Gasteiger partial charge in [-0.15, -0.1) is 0 Å². The maximum Gasteiger partial charge on any atom is 0.270 e. The fourth-order valence-electron chi connectivity index (χ4n) is 3.74. The molecular formula is C25H17FN2OS2. The van der Waals surface area contributed by atoms with Crippen LogP contribution < -0.4 is 4.90 Å². The van der Waals surface area contributed by atoms with Crippen molar-refractivity contribution in [3.63, 3.8) is 0 Å². The van der Waals surface area contributed by atoms with Gasteiger partial charge in [0.2, 0.25) is 0 Å². The summed E-state index contributed by atoms with van der Waals surface area (Å²) < 4.78 is 16.7. The molecule has 0 unspecified atom stereocenters. The molecule has 2 heterocycles. The Morgan fingerprint density at radius 1 is 0.935 bits per heavy atom. The van der Waals surface area contributed by atoms with Crippen molar-refractivity contribution in [3.8, 4) is 0 Å². The summed E-state index contributed by atoms with van der Waals surface area (Å²) in [6, 6.07) is 24.1. The minimum absolute atomic E-state index is 0.132. The molecule has 0 bridgehead atoms. The maximum absolute atomic E-state index is 14.2. The molecule has 3 nitrogen and oxygen atoms in total. The summed E-state index contributed by atoms with van der Waals surface area (Å²) in [7, 11) is 0. The standard InChI is InChI=1S/C25H17FN2OS2/c26-21-12-6-4-8-17(21)15-27-16-18(20-11-5-7-13-22(20)27)14-23-24(29)28(25(30)31-23)19-9-2-1-3-10-19/h1-14,16H,15H2/b23-14-. The number of carbonyl (C=O) groups is 1. The SMILES string of the molecule is O=C1/C(=C/c2cn(Cc3ccccc3F)c3ccccc23)SC(=S)N1c1ccccc1. The Bertz CT molecular complexity index is 1340. The van der Waals surface area contributed by atoms with Crippen LogP contribution in [0.25, 0.3) is 17.0 Å². The zero-order valence-corrected chi connectivity index (χ0v) is 18.0. The van der Waals surface area contributed by atoms with Crippen LogP contribution in [0.3, 0.4) is 0 Å². The Morgan fingerprint density at radius 3 is 2.45 bits per heavy atom. The number of thiocarbonyl (C=S) groups is 1. The first-order valence-corrected chi connectivity index (χ1v) is 11.0. The lowest BCUT2D eigenvalue weighted by atomic mass is 10.1. The quantitative estimate of drug-likeness (QED) is 0.275. The molecule has 4 aromatic rings. The van der Waals surface area contributed by atoms with Gasteiger partial charge in [-0.2, -0.15) is 0 Å². The molecule has 0 atom stereocenters. The second-order valence-corrected chi connectivity index (χ2v) is 8.85. The molecule has 6 heteroatoms. The van der Waals surface area contributed by atoms with Crippen molar-refractivity contribution in [2.24, 2.45) is 0 Å². The van der Waals surface area contributed by atoms with E-state index in [9.17, 15) is 9.18 Å². The number of nitrogens with zero attached hydrogens (tertiary/aromatic N) is 2. The lowest BCUT2D eigenvalue weighted by Crippen LogP contribution is -2.27. The minimum atomic E-state index is -0.231. The van der Waals surface area contributed by atoms with Crippen molar-refractivity contribution in [2.75, 3.05) is 4.90 Å². The number of hydrogen-bond acceptors (Lipinski definition) is 3. The molecule has 5 rings (SSSR count). The van der Waals surface area contributed by atoms with E-state index in [1.165, 1.54) is 17.8 Å². The molecule has 1 fully saturated rings. The van der Waals surface area contributed by atoms with Gasteiger partial charge in [-0.05, 0) is 30.3 Å². The third kappa shape index (κ3) is 3.69. The van der Waals surface area contributed by atoms with Gasteiger partial charge in [-0.3, -0.25) is 9.69 Å². The number of thioether (sulfide) groups is 1. The maximum atomic E-state index is 14.2. The molecule has 0 radical (unpaired) electrons. The molecule has 3 aromatic carbocycles. The number of fused-ring (bicyclic) bond motifs is 1. The third-order valence-corrected chi connectivity index (χ3v) is 6.51. The number of halogens is 1. The van der Waals surface area contributed by atoms with Gasteiger partial charge in [-0.25, -0.2) is 4.39 Å². The number of anilines is 1. The molecule has 0 spiro atoms. The highest BCUT2D eigenvalue weighted by Gasteiger charge is 2.33. The number of aromatic nitrogens is 1. The highest BCUT2D eigenvalue weighted by Crippen LogP contribution is 2.37. The van der Waals surface area contributed by atoms with Crippen molar-refractivity contribution in [1.29, 1.82) is 0 Å². The number of rotatable bonds is 4. The van der Waals surface area contributed by atoms with Crippen LogP contribution in [-0.2, 0) is 11.3 Å². The van der Waals surface area contributed by atoms with Crippen molar-refractivity contribution < 1.29 is 9.18 Å². The largest absolute Gasteiger partial charge is 0.342 e. The fraction of sp³-hybridized carbons (Fsp3) is 0.0400. The van der Waals surface area contributed by atoms with E-state index in [4.69, 9.17) is 12.2 Å². The summed E-state index contributed by atoms with van der Waals surface area (Å²) in [6.45, 7) is 0.409. The van der Waals surface area contributed by atoms with Crippen molar-refractivity contribution in [3.05, 3.63) is 107 Å². The first kappa shape index (κ1) is 19.7. The molecule has 152 valence electrons. The molecule has 1 aliphatic rings. The molecule has 0 saturated carbocycles. The average molecular weight is 445 g/mol. The van der Waals surface area contributed by atoms with E-state index < -0.39 is 0 Å². The van der Waals surface area contributed by atoms with Gasteiger partial charge in [0, 0.05) is 28.2 Å². The summed E-state index contributed by atoms with van der Waals surface area (Å²) in [4.78, 5) is 15.2. The zero-order chi connectivity index (χ0) is 21.4. The molecule has 0 N–H and O–H groups in total. The molecule has 1 amide bonds. The predicted molar refractivity (Wildman–Crippen MR) is 130 cm³/mol. The van der Waals surface area contributed by atoms with E-state index in [1.807, 2.05) is 77.5 Å². The van der Waals surface area contributed by atoms with Crippen LogP contribution in [0.2, 0.25) is 0 Å². The van der Waals surface area contributed by atoms with Gasteiger partial charge in [0.25, 0.3) is 5.91 Å². The first-order chi connectivity index (χ1) is 15.1. The van der Waals surface area contributed by atoms with Crippen LogP contribution in [0.15, 0.2) is 90.0 Å². The average Bonchev–Trinajstić information content (AvgIpc) is 3.27. The molecule has 1 aliphatic heterocycles. The summed E-state index contributed by atoms with van der Waals surface area (Å²) in [5.41, 5.74) is 3.26. The van der Waals surface area contributed by atoms with E-state index >= 15 is 0 Å². The van der Waals surface area contributed by atoms with Crippen molar-refractivity contribution in [1.82, 2.24) is 4.57 Å². The lowest BCUT2D eigenvalue weighted by molar-refractivity contribution is -0.113. The number of para-hydroxylation sites is 2. The van der Waals surface area contributed by atoms with Crippen LogP contribution in [0.1, 0.15) is 11.1 Å². The monoisotopic (exact) mass is 444 g/mol. The molecular weight excluding hydrogens is 427 g/mol. The molecule has 0 aliphatic carbocycles. The second kappa shape index (κ2) is 8.13. The van der Waals surface area contributed by atoms with Crippen LogP contribution in [-0.4, -0.2) is 14.8 Å². The van der Waals surface area contributed by atoms with Gasteiger partial charge in [0.1, 0.15) is 5.82 Å². The Balaban J connectivity index is 1.54. The lowest BCUT2D eigenvalue weighted by Gasteiger charge is -2.13. The van der Waals surface area contributed by atoms with Crippen molar-refractivity contribution in [2.45, 2.75) is 6.54 Å². The number of benzene rings is 3. The summed E-state index contributed by atoms with van der Waals surface area (Å²) in [5.74, 6) is -0.363. The normalized spacial score (nSPS) is 15.4. The topological polar surface area (TPSA) is 25.2 Å². The van der Waals surface area contributed by atoms with E-state index in [2.05, 4.69) is 0 Å². The molecule has 31 heavy (non-hydrogen) atoms. The van der Waals surface area contributed by atoms with Gasteiger partial charge >= 0.3 is 0 Å². The molecule has 1 saturated heterocycles. The first-order valence-electron chi connectivity index (χ1n) is 9.76. The highest BCUT2D eigenvalue weighted by atomic mass is 32.2. The molecule has 1 aromatic heterocycles. The Morgan fingerprint density at radius 2 is 1.65 bits per heavy atom. The van der Waals surface area contributed by atoms with E-state index in [1.54, 1.807) is 17.0 Å². The summed E-state index contributed by atoms with van der Waals surface area (Å²) in [5, 5.41) is 1.00. The van der Waals surface area contributed by atoms with Crippen molar-refractivity contribution >= 4 is 56.9 Å². The van der Waals surface area contributed by atoms with Gasteiger partial charge in [-0.1, -0.05) is 78.6 Å². The Labute approximate surface area is 188 Å². The number of carbonyl (C=O) groups excluding carboxylic acids is 1. The van der Waals surface area contributed by atoms with Gasteiger partial charge < -0.3 is 4.57 Å². The van der Waals surface area contributed by atoms with Crippen LogP contribution in [0.5, 0.6) is 0 Å². The fourth-order valence-corrected chi connectivity index (χ4v) is 5.03. The second-order valence-electron chi connectivity index (χ2n) is 7.17. The number of amides is 1. The highest BCUT2D eigenvalue weighted by molar-refractivity contribution is 8.27. The van der Waals surface area contributed by atoms with Crippen LogP contribution in [0.4, 0.5) is 10.1 Å². The third-order valence-electron chi connectivity index (χ3n) is 5.21. The Kier molecular flexibility index (Phi) is 5.18. The number of hydrogen-bond donors (Lipinski definition) is 0. The predicted octanol–water partition coefficient (Wildman–Crippen LogP) is 6.23. The summed E-state index contributed by atoms with van der Waals surface area (Å²) >= 11 is 6.77. The van der Waals surface area contributed by atoms with E-state index in [0.29, 0.717) is 21.3 Å². The van der Waals surface area contributed by atoms with Crippen LogP contribution in [0, 0.1) is 5.82 Å². The van der Waals surface area contributed by atoms with Gasteiger partial charge in [0.05, 0.1) is 17.1 Å². The van der Waals surface area contributed by atoms with Crippen LogP contribution >= 0.6 is 24.0 Å². The minimum Gasteiger partial charge on any atom is -0.342 e. The van der Waals surface area contributed by atoms with E-state index in [-0.39, 0.29) is 11.7 Å². The van der Waals surface area contributed by atoms with Gasteiger partial charge in [0.15, 0.2) is 4.32 Å². The smallest absolute Gasteiger partial charge is 0.270 e. The van der Waals surface area contributed by atoms with E-state index in [0.717, 1.165) is 22.2 Å². The summed E-state index contributed by atoms with van der Waals surface area (Å²) in [6.07, 6.45) is 3.84. The zero-order valence-electron chi connectivity index (χ0n) is 16.4. The Hall–Kier alpha value is -3.22.